The molecule has 1 aromatic rings. The van der Waals surface area contributed by atoms with Gasteiger partial charge in [-0.05, 0) is 24.6 Å². The largest absolute Gasteiger partial charge is 0.480 e. The molecular weight excluding hydrogens is 288 g/mol. The van der Waals surface area contributed by atoms with Gasteiger partial charge in [0.1, 0.15) is 5.75 Å². The molecule has 1 aliphatic heterocycles. The molecule has 0 radical (unpaired) electrons. The van der Waals surface area contributed by atoms with Crippen molar-refractivity contribution in [3.05, 3.63) is 28.8 Å². The van der Waals surface area contributed by atoms with Crippen molar-refractivity contribution in [3.8, 4) is 5.75 Å². The van der Waals surface area contributed by atoms with Crippen LogP contribution in [0.3, 0.4) is 0 Å². The quantitative estimate of drug-likeness (QED) is 0.878. The fourth-order valence-corrected chi connectivity index (χ4v) is 2.59. The third-order valence-corrected chi connectivity index (χ3v) is 3.93. The summed E-state index contributed by atoms with van der Waals surface area (Å²) in [5.74, 6) is 1.31. The molecule has 116 valence electrons. The molecule has 5 heteroatoms. The summed E-state index contributed by atoms with van der Waals surface area (Å²) in [7, 11) is 1.80. The van der Waals surface area contributed by atoms with Crippen LogP contribution >= 0.6 is 11.6 Å². The van der Waals surface area contributed by atoms with Crippen LogP contribution in [-0.4, -0.2) is 37.0 Å². The van der Waals surface area contributed by atoms with Crippen LogP contribution in [0.5, 0.6) is 5.75 Å². The number of likely N-dealkylation sites (tertiary alicyclic amines) is 1. The minimum atomic E-state index is -0.391. The Labute approximate surface area is 131 Å². The third-order valence-electron chi connectivity index (χ3n) is 3.58. The molecule has 0 bridgehead atoms. The Morgan fingerprint density at radius 2 is 2.24 bits per heavy atom. The molecule has 1 saturated heterocycles. The van der Waals surface area contributed by atoms with Gasteiger partial charge in [0.05, 0.1) is 0 Å². The van der Waals surface area contributed by atoms with Gasteiger partial charge in [0, 0.05) is 37.1 Å². The van der Waals surface area contributed by atoms with E-state index in [1.165, 1.54) is 0 Å². The molecule has 1 amide bonds. The van der Waals surface area contributed by atoms with Gasteiger partial charge in [-0.3, -0.25) is 4.79 Å². The molecule has 1 fully saturated rings. The number of carbonyl (C=O) groups excluding carboxylic acids is 1. The molecule has 0 aromatic heterocycles. The first kappa shape index (κ1) is 16.1. The molecule has 1 aromatic carbocycles. The highest BCUT2D eigenvalue weighted by Gasteiger charge is 2.31. The molecule has 0 saturated carbocycles. The van der Waals surface area contributed by atoms with Crippen LogP contribution in [-0.2, 0) is 11.3 Å². The van der Waals surface area contributed by atoms with Crippen molar-refractivity contribution in [1.82, 2.24) is 10.2 Å². The fourth-order valence-electron chi connectivity index (χ4n) is 2.36. The van der Waals surface area contributed by atoms with Gasteiger partial charge in [-0.25, -0.2) is 0 Å². The third kappa shape index (κ3) is 4.11. The minimum Gasteiger partial charge on any atom is -0.480 e. The highest BCUT2D eigenvalue weighted by molar-refractivity contribution is 6.31. The lowest BCUT2D eigenvalue weighted by Gasteiger charge is -2.17. The van der Waals surface area contributed by atoms with E-state index >= 15 is 0 Å². The van der Waals surface area contributed by atoms with Crippen LogP contribution in [0.15, 0.2) is 18.2 Å². The van der Waals surface area contributed by atoms with Crippen molar-refractivity contribution in [2.75, 3.05) is 20.1 Å². The first-order valence-corrected chi connectivity index (χ1v) is 7.76. The van der Waals surface area contributed by atoms with E-state index in [1.54, 1.807) is 11.9 Å². The summed E-state index contributed by atoms with van der Waals surface area (Å²) in [6.45, 7) is 6.61. The zero-order chi connectivity index (χ0) is 15.4. The molecule has 0 aliphatic carbocycles. The number of ether oxygens (including phenoxy) is 1. The summed E-state index contributed by atoms with van der Waals surface area (Å²) < 4.78 is 5.91. The second-order valence-corrected chi connectivity index (χ2v) is 6.30. The first-order chi connectivity index (χ1) is 9.99. The summed E-state index contributed by atoms with van der Waals surface area (Å²) in [6, 6.07) is 5.58. The lowest BCUT2D eigenvalue weighted by atomic mass is 10.1. The maximum absolute atomic E-state index is 12.0. The Hall–Kier alpha value is -1.26. The monoisotopic (exact) mass is 310 g/mol. The molecule has 1 heterocycles. The van der Waals surface area contributed by atoms with Crippen molar-refractivity contribution in [2.45, 2.75) is 32.9 Å². The number of amides is 1. The Morgan fingerprint density at radius 1 is 1.48 bits per heavy atom. The summed E-state index contributed by atoms with van der Waals surface area (Å²) in [5, 5.41) is 4.04. The van der Waals surface area contributed by atoms with Crippen LogP contribution in [0.25, 0.3) is 0 Å². The second-order valence-electron chi connectivity index (χ2n) is 5.90. The average molecular weight is 311 g/mol. The Balaban J connectivity index is 2.08. The number of likely N-dealkylation sites (N-methyl/N-ethyl adjacent to an activating group) is 1. The molecule has 21 heavy (non-hydrogen) atoms. The van der Waals surface area contributed by atoms with Gasteiger partial charge in [-0.2, -0.15) is 0 Å². The lowest BCUT2D eigenvalue weighted by molar-refractivity contribution is -0.132. The van der Waals surface area contributed by atoms with Gasteiger partial charge in [-0.15, -0.1) is 0 Å². The van der Waals surface area contributed by atoms with E-state index in [2.05, 4.69) is 19.2 Å². The van der Waals surface area contributed by atoms with Gasteiger partial charge >= 0.3 is 0 Å². The highest BCUT2D eigenvalue weighted by atomic mass is 35.5. The summed E-state index contributed by atoms with van der Waals surface area (Å²) >= 11 is 6.28. The number of hydrogen-bond acceptors (Lipinski definition) is 3. The topological polar surface area (TPSA) is 41.6 Å². The standard InChI is InChI=1S/C16H23ClN2O2/c1-11(2)9-18-10-12-13(17)5-4-6-14(12)21-15-7-8-19(3)16(15)20/h4-6,11,15,18H,7-10H2,1-3H3. The van der Waals surface area contributed by atoms with Gasteiger partial charge in [0.2, 0.25) is 0 Å². The number of hydrogen-bond donors (Lipinski definition) is 1. The zero-order valence-corrected chi connectivity index (χ0v) is 13.6. The maximum atomic E-state index is 12.0. The van der Waals surface area contributed by atoms with Gasteiger partial charge in [0.15, 0.2) is 6.10 Å². The predicted octanol–water partition coefficient (Wildman–Crippen LogP) is 2.70. The molecule has 1 unspecified atom stereocenters. The fraction of sp³-hybridized carbons (Fsp3) is 0.562. The predicted molar refractivity (Wildman–Crippen MR) is 84.7 cm³/mol. The van der Waals surface area contributed by atoms with E-state index in [-0.39, 0.29) is 5.91 Å². The van der Waals surface area contributed by atoms with Crippen LogP contribution in [0, 0.1) is 5.92 Å². The van der Waals surface area contributed by atoms with E-state index in [0.29, 0.717) is 23.2 Å². The van der Waals surface area contributed by atoms with Crippen molar-refractivity contribution in [1.29, 1.82) is 0 Å². The Morgan fingerprint density at radius 3 is 2.86 bits per heavy atom. The Bertz CT molecular complexity index is 505. The number of nitrogens with zero attached hydrogens (tertiary/aromatic N) is 1. The molecule has 0 spiro atoms. The van der Waals surface area contributed by atoms with E-state index in [0.717, 1.165) is 25.1 Å². The van der Waals surface area contributed by atoms with Crippen molar-refractivity contribution >= 4 is 17.5 Å². The number of benzene rings is 1. The van der Waals surface area contributed by atoms with Crippen LogP contribution in [0.2, 0.25) is 5.02 Å². The van der Waals surface area contributed by atoms with Gasteiger partial charge in [0.25, 0.3) is 5.91 Å². The molecule has 4 nitrogen and oxygen atoms in total. The van der Waals surface area contributed by atoms with Crippen LogP contribution in [0.4, 0.5) is 0 Å². The normalized spacial score (nSPS) is 18.6. The number of carbonyl (C=O) groups is 1. The van der Waals surface area contributed by atoms with Gasteiger partial charge < -0.3 is 15.0 Å². The molecule has 2 rings (SSSR count). The number of nitrogens with one attached hydrogen (secondary N) is 1. The number of halogens is 1. The van der Waals surface area contributed by atoms with E-state index < -0.39 is 6.10 Å². The summed E-state index contributed by atoms with van der Waals surface area (Å²) in [6.07, 6.45) is 0.332. The minimum absolute atomic E-state index is 0.0380. The lowest BCUT2D eigenvalue weighted by Crippen LogP contribution is -2.30. The second kappa shape index (κ2) is 7.14. The summed E-state index contributed by atoms with van der Waals surface area (Å²) in [4.78, 5) is 13.7. The van der Waals surface area contributed by atoms with Crippen LogP contribution in [0.1, 0.15) is 25.8 Å². The SMILES string of the molecule is CC(C)CNCc1c(Cl)cccc1OC1CCN(C)C1=O. The maximum Gasteiger partial charge on any atom is 0.263 e. The first-order valence-electron chi connectivity index (χ1n) is 7.38. The molecule has 1 aliphatic rings. The van der Waals surface area contributed by atoms with Crippen molar-refractivity contribution < 1.29 is 9.53 Å². The van der Waals surface area contributed by atoms with Crippen molar-refractivity contribution in [3.63, 3.8) is 0 Å². The summed E-state index contributed by atoms with van der Waals surface area (Å²) in [5.41, 5.74) is 0.919. The highest BCUT2D eigenvalue weighted by Crippen LogP contribution is 2.28. The average Bonchev–Trinajstić information content (AvgIpc) is 2.73. The smallest absolute Gasteiger partial charge is 0.263 e. The van der Waals surface area contributed by atoms with E-state index in [1.807, 2.05) is 18.2 Å². The molecule has 1 atom stereocenters. The number of rotatable bonds is 6. The van der Waals surface area contributed by atoms with Crippen LogP contribution < -0.4 is 10.1 Å². The van der Waals surface area contributed by atoms with Gasteiger partial charge in [-0.1, -0.05) is 31.5 Å². The molecule has 1 N–H and O–H groups in total. The molecular formula is C16H23ClN2O2. The van der Waals surface area contributed by atoms with Crippen molar-refractivity contribution in [2.24, 2.45) is 5.92 Å². The van der Waals surface area contributed by atoms with E-state index in [4.69, 9.17) is 16.3 Å². The Kier molecular flexibility index (Phi) is 5.48. The zero-order valence-electron chi connectivity index (χ0n) is 12.9. The van der Waals surface area contributed by atoms with E-state index in [9.17, 15) is 4.79 Å².